The number of rotatable bonds is 3. The fourth-order valence-corrected chi connectivity index (χ4v) is 2.60. The number of benzene rings is 1. The first-order valence-electron chi connectivity index (χ1n) is 6.58. The Hall–Kier alpha value is -0.700. The van der Waals surface area contributed by atoms with E-state index in [1.165, 1.54) is 5.56 Å². The Morgan fingerprint density at radius 3 is 1.90 bits per heavy atom. The molecule has 1 aromatic rings. The number of halogens is 1. The highest BCUT2D eigenvalue weighted by atomic mass is 31.2. The monoisotopic (exact) mass is 302 g/mol. The highest BCUT2D eigenvalue weighted by Crippen LogP contribution is 2.43. The molecule has 1 N–H and O–H groups in total. The van der Waals surface area contributed by atoms with Gasteiger partial charge in [0.05, 0.1) is 0 Å². The SMILES string of the molecule is Cc1cc(OP(O)OF)c(C(C)(C)C)cc1C(C)(C)C. The highest BCUT2D eigenvalue weighted by Gasteiger charge is 2.26. The van der Waals surface area contributed by atoms with Crippen LogP contribution in [0.3, 0.4) is 0 Å². The van der Waals surface area contributed by atoms with Gasteiger partial charge in [-0.2, -0.15) is 0 Å². The molecule has 0 radical (unpaired) electrons. The zero-order valence-electron chi connectivity index (χ0n) is 13.2. The summed E-state index contributed by atoms with van der Waals surface area (Å²) in [4.78, 5) is 9.27. The third kappa shape index (κ3) is 4.15. The predicted molar refractivity (Wildman–Crippen MR) is 80.5 cm³/mol. The van der Waals surface area contributed by atoms with Crippen LogP contribution in [0, 0.1) is 6.92 Å². The summed E-state index contributed by atoms with van der Waals surface area (Å²) < 4.78 is 20.6. The lowest BCUT2D eigenvalue weighted by molar-refractivity contribution is -0.0179. The van der Waals surface area contributed by atoms with E-state index in [1.54, 1.807) is 0 Å². The van der Waals surface area contributed by atoms with Crippen LogP contribution >= 0.6 is 8.60 Å². The molecule has 1 aromatic carbocycles. The van der Waals surface area contributed by atoms with Gasteiger partial charge in [0.15, 0.2) is 0 Å². The topological polar surface area (TPSA) is 38.7 Å². The number of hydrogen-bond acceptors (Lipinski definition) is 3. The zero-order chi connectivity index (χ0) is 15.7. The van der Waals surface area contributed by atoms with Crippen LogP contribution < -0.4 is 4.52 Å². The Morgan fingerprint density at radius 2 is 1.50 bits per heavy atom. The van der Waals surface area contributed by atoms with Crippen molar-refractivity contribution in [3.63, 3.8) is 0 Å². The van der Waals surface area contributed by atoms with Gasteiger partial charge in [-0.25, -0.2) is 0 Å². The zero-order valence-corrected chi connectivity index (χ0v) is 14.1. The van der Waals surface area contributed by atoms with Crippen LogP contribution in [0.2, 0.25) is 0 Å². The van der Waals surface area contributed by atoms with Gasteiger partial charge in [0.1, 0.15) is 5.75 Å². The van der Waals surface area contributed by atoms with Crippen LogP contribution in [0.4, 0.5) is 4.53 Å². The smallest absolute Gasteiger partial charge is 0.425 e. The molecule has 0 spiro atoms. The van der Waals surface area contributed by atoms with E-state index in [0.717, 1.165) is 11.1 Å². The van der Waals surface area contributed by atoms with E-state index < -0.39 is 8.60 Å². The molecular weight excluding hydrogens is 278 g/mol. The average molecular weight is 302 g/mol. The fraction of sp³-hybridized carbons (Fsp3) is 0.600. The summed E-state index contributed by atoms with van der Waals surface area (Å²) in [7, 11) is -2.53. The molecule has 0 bridgehead atoms. The Labute approximate surface area is 122 Å². The van der Waals surface area contributed by atoms with E-state index in [-0.39, 0.29) is 10.8 Å². The van der Waals surface area contributed by atoms with E-state index >= 15 is 0 Å². The Bertz CT molecular complexity index is 475. The van der Waals surface area contributed by atoms with Crippen molar-refractivity contribution in [1.29, 1.82) is 0 Å². The molecule has 0 aliphatic heterocycles. The second kappa shape index (κ2) is 5.97. The minimum absolute atomic E-state index is 0.00313. The number of hydrogen-bond donors (Lipinski definition) is 1. The van der Waals surface area contributed by atoms with Crippen molar-refractivity contribution in [3.8, 4) is 5.75 Å². The summed E-state index contributed by atoms with van der Waals surface area (Å²) in [6, 6.07) is 3.91. The van der Waals surface area contributed by atoms with Crippen molar-refractivity contribution in [1.82, 2.24) is 0 Å². The fourth-order valence-electron chi connectivity index (χ4n) is 2.25. The van der Waals surface area contributed by atoms with Crippen LogP contribution in [0.15, 0.2) is 12.1 Å². The average Bonchev–Trinajstić information content (AvgIpc) is 2.25. The molecule has 0 aromatic heterocycles. The molecular formula is C15H24FO3P. The second-order valence-electron chi connectivity index (χ2n) is 7.06. The van der Waals surface area contributed by atoms with E-state index in [1.807, 2.05) is 33.8 Å². The molecule has 0 saturated carbocycles. The standard InChI is InChI=1S/C15H24FO3P/c1-10-8-13(18-20(17)19-16)12(15(5,6)7)9-11(10)14(2,3)4/h8-9,17H,1-7H3. The maximum Gasteiger partial charge on any atom is 0.428 e. The van der Waals surface area contributed by atoms with Gasteiger partial charge in [-0.15, -0.1) is 0 Å². The quantitative estimate of drug-likeness (QED) is 0.790. The summed E-state index contributed by atoms with van der Waals surface area (Å²) in [5, 5.41) is 0. The normalized spacial score (nSPS) is 14.2. The molecule has 0 fully saturated rings. The van der Waals surface area contributed by atoms with Crippen LogP contribution in [0.25, 0.3) is 0 Å². The lowest BCUT2D eigenvalue weighted by Gasteiger charge is -2.29. The predicted octanol–water partition coefficient (Wildman–Crippen LogP) is 5.09. The maximum absolute atomic E-state index is 12.0. The molecule has 20 heavy (non-hydrogen) atoms. The Morgan fingerprint density at radius 1 is 1.00 bits per heavy atom. The van der Waals surface area contributed by atoms with Gasteiger partial charge in [-0.05, 0) is 39.5 Å². The molecule has 5 heteroatoms. The van der Waals surface area contributed by atoms with Crippen molar-refractivity contribution in [3.05, 3.63) is 28.8 Å². The lowest BCUT2D eigenvalue weighted by Crippen LogP contribution is -2.18. The van der Waals surface area contributed by atoms with Gasteiger partial charge in [0.25, 0.3) is 0 Å². The van der Waals surface area contributed by atoms with Crippen LogP contribution in [0.1, 0.15) is 58.2 Å². The molecule has 0 aliphatic rings. The van der Waals surface area contributed by atoms with E-state index in [2.05, 4.69) is 31.6 Å². The van der Waals surface area contributed by atoms with Gasteiger partial charge >= 0.3 is 8.60 Å². The molecule has 114 valence electrons. The van der Waals surface area contributed by atoms with Crippen molar-refractivity contribution in [2.45, 2.75) is 59.3 Å². The summed E-state index contributed by atoms with van der Waals surface area (Å²) in [6.07, 6.45) is 0. The molecule has 1 unspecified atom stereocenters. The van der Waals surface area contributed by atoms with Crippen LogP contribution in [-0.4, -0.2) is 4.89 Å². The molecule has 1 rings (SSSR count). The van der Waals surface area contributed by atoms with Gasteiger partial charge < -0.3 is 9.42 Å². The third-order valence-corrected chi connectivity index (χ3v) is 3.65. The molecule has 1 atom stereocenters. The molecule has 3 nitrogen and oxygen atoms in total. The van der Waals surface area contributed by atoms with Crippen molar-refractivity contribution >= 4 is 8.60 Å². The Kier molecular flexibility index (Phi) is 5.18. The highest BCUT2D eigenvalue weighted by molar-refractivity contribution is 7.40. The second-order valence-corrected chi connectivity index (χ2v) is 7.86. The van der Waals surface area contributed by atoms with Crippen LogP contribution in [0.5, 0.6) is 5.75 Å². The summed E-state index contributed by atoms with van der Waals surface area (Å²) in [6.45, 7) is 14.6. The van der Waals surface area contributed by atoms with Gasteiger partial charge in [-0.3, -0.25) is 0 Å². The number of aryl methyl sites for hydroxylation is 1. The van der Waals surface area contributed by atoms with Crippen LogP contribution in [-0.2, 0) is 15.6 Å². The van der Waals surface area contributed by atoms with Gasteiger partial charge in [0, 0.05) is 5.56 Å². The van der Waals surface area contributed by atoms with Gasteiger partial charge in [0.2, 0.25) is 0 Å². The van der Waals surface area contributed by atoms with Crippen molar-refractivity contribution < 1.29 is 18.7 Å². The summed E-state index contributed by atoms with van der Waals surface area (Å²) >= 11 is 0. The first-order chi connectivity index (χ1) is 8.96. The molecule has 0 saturated heterocycles. The van der Waals surface area contributed by atoms with Crippen molar-refractivity contribution in [2.75, 3.05) is 0 Å². The molecule has 0 heterocycles. The summed E-state index contributed by atoms with van der Waals surface area (Å²) in [5.41, 5.74) is 2.99. The minimum atomic E-state index is -2.53. The first kappa shape index (κ1) is 17.4. The minimum Gasteiger partial charge on any atom is -0.425 e. The summed E-state index contributed by atoms with van der Waals surface area (Å²) in [5.74, 6) is 0.467. The van der Waals surface area contributed by atoms with E-state index in [9.17, 15) is 9.42 Å². The van der Waals surface area contributed by atoms with Crippen molar-refractivity contribution in [2.24, 2.45) is 0 Å². The molecule has 0 aliphatic carbocycles. The van der Waals surface area contributed by atoms with E-state index in [4.69, 9.17) is 4.52 Å². The molecule has 0 amide bonds. The maximum atomic E-state index is 12.0. The third-order valence-electron chi connectivity index (χ3n) is 3.18. The lowest BCUT2D eigenvalue weighted by atomic mass is 9.78. The van der Waals surface area contributed by atoms with Gasteiger partial charge in [-0.1, -0.05) is 52.3 Å². The largest absolute Gasteiger partial charge is 0.428 e. The Balaban J connectivity index is 3.42. The first-order valence-corrected chi connectivity index (χ1v) is 7.71. The van der Waals surface area contributed by atoms with E-state index in [0.29, 0.717) is 5.75 Å².